The van der Waals surface area contributed by atoms with Crippen LogP contribution in [0, 0.1) is 0 Å². The van der Waals surface area contributed by atoms with Gasteiger partial charge in [0, 0.05) is 14.1 Å². The molecular weight excluding hydrogens is 298 g/mol. The number of hydrogen-bond donors (Lipinski definition) is 0. The van der Waals surface area contributed by atoms with Crippen LogP contribution in [0.4, 0.5) is 0 Å². The highest BCUT2D eigenvalue weighted by molar-refractivity contribution is 6.78. The van der Waals surface area contributed by atoms with Crippen LogP contribution >= 0.6 is 0 Å². The number of rotatable bonds is 8. The molecule has 21 heavy (non-hydrogen) atoms. The Labute approximate surface area is 135 Å². The van der Waals surface area contributed by atoms with E-state index in [1.807, 2.05) is 0 Å². The summed E-state index contributed by atoms with van der Waals surface area (Å²) in [7, 11) is 22.6. The van der Waals surface area contributed by atoms with Crippen molar-refractivity contribution in [3.05, 3.63) is 0 Å². The Bertz CT molecular complexity index is 278. The quantitative estimate of drug-likeness (QED) is 0.402. The second-order valence-electron chi connectivity index (χ2n) is 6.75. The highest BCUT2D eigenvalue weighted by Crippen LogP contribution is 2.22. The van der Waals surface area contributed by atoms with Gasteiger partial charge in [-0.1, -0.05) is 0 Å². The topological polar surface area (TPSA) is 22.7 Å². The average molecular weight is 336 g/mol. The standard InChI is InChI=1S/C12H37N7Si2/c1-13(2)19(20(14(3)4)15(5)6)21(16(7)8,17(9)10)18(11)12/h20H,1-12H3. The highest BCUT2D eigenvalue weighted by atomic mass is 28.4. The van der Waals surface area contributed by atoms with Gasteiger partial charge in [-0.25, -0.2) is 4.34 Å². The molecule has 0 atom stereocenters. The van der Waals surface area contributed by atoms with Crippen LogP contribution in [0.5, 0.6) is 0 Å². The van der Waals surface area contributed by atoms with Crippen molar-refractivity contribution < 1.29 is 0 Å². The molecule has 0 aliphatic carbocycles. The van der Waals surface area contributed by atoms with Crippen LogP contribution in [0.1, 0.15) is 0 Å². The zero-order valence-corrected chi connectivity index (χ0v) is 18.4. The minimum atomic E-state index is -2.17. The van der Waals surface area contributed by atoms with Crippen LogP contribution in [-0.2, 0) is 0 Å². The summed E-state index contributed by atoms with van der Waals surface area (Å²) in [6.45, 7) is 0. The van der Waals surface area contributed by atoms with Gasteiger partial charge in [0.1, 0.15) is 0 Å². The Morgan fingerprint density at radius 2 is 0.810 bits per heavy atom. The molecule has 7 nitrogen and oxygen atoms in total. The van der Waals surface area contributed by atoms with Crippen molar-refractivity contribution in [2.24, 2.45) is 0 Å². The van der Waals surface area contributed by atoms with E-state index in [0.717, 1.165) is 0 Å². The zero-order valence-electron chi connectivity index (χ0n) is 16.2. The summed E-state index contributed by atoms with van der Waals surface area (Å²) < 4.78 is 14.6. The van der Waals surface area contributed by atoms with Gasteiger partial charge in [-0.3, -0.25) is 18.7 Å². The minimum Gasteiger partial charge on any atom is -0.307 e. The fourth-order valence-electron chi connectivity index (χ4n) is 3.34. The summed E-state index contributed by atoms with van der Waals surface area (Å²) >= 11 is 0. The predicted octanol–water partition coefficient (Wildman–Crippen LogP) is -1.27. The van der Waals surface area contributed by atoms with Crippen LogP contribution in [0.15, 0.2) is 0 Å². The first-order chi connectivity index (χ1) is 9.42. The first-order valence-electron chi connectivity index (χ1n) is 7.24. The molecule has 0 radical (unpaired) electrons. The molecule has 0 aliphatic rings. The molecule has 0 aromatic carbocycles. The molecule has 0 rings (SSSR count). The fraction of sp³-hybridized carbons (Fsp3) is 1.00. The maximum absolute atomic E-state index is 2.63. The lowest BCUT2D eigenvalue weighted by molar-refractivity contribution is 0.120. The van der Waals surface area contributed by atoms with E-state index in [1.54, 1.807) is 0 Å². The lowest BCUT2D eigenvalue weighted by atomic mass is 11.2. The second-order valence-corrected chi connectivity index (χ2v) is 14.9. The van der Waals surface area contributed by atoms with E-state index in [4.69, 9.17) is 0 Å². The zero-order chi connectivity index (χ0) is 17.1. The van der Waals surface area contributed by atoms with Crippen LogP contribution in [-0.4, -0.2) is 135 Å². The van der Waals surface area contributed by atoms with Crippen molar-refractivity contribution in [2.75, 3.05) is 84.6 Å². The summed E-state index contributed by atoms with van der Waals surface area (Å²) in [5, 5.41) is 2.28. The third-order valence-electron chi connectivity index (χ3n) is 3.68. The second kappa shape index (κ2) is 8.13. The van der Waals surface area contributed by atoms with E-state index in [9.17, 15) is 0 Å². The van der Waals surface area contributed by atoms with E-state index >= 15 is 0 Å². The molecule has 0 aromatic heterocycles. The SMILES string of the molecule is CN(C)N([SiH](N(C)C)N(C)C)[Si](N(C)C)(N(C)C)N(C)C. The molecule has 0 bridgehead atoms. The van der Waals surface area contributed by atoms with Gasteiger partial charge in [0.25, 0.3) is 9.28 Å². The maximum atomic E-state index is 2.63. The lowest BCUT2D eigenvalue weighted by Crippen LogP contribution is -2.86. The van der Waals surface area contributed by atoms with Crippen molar-refractivity contribution >= 4 is 18.0 Å². The smallest absolute Gasteiger partial charge is 0.307 e. The normalized spacial score (nSPS) is 14.3. The Balaban J connectivity index is 6.20. The highest BCUT2D eigenvalue weighted by Gasteiger charge is 2.54. The molecular formula is C12H37N7Si2. The van der Waals surface area contributed by atoms with E-state index in [-0.39, 0.29) is 0 Å². The van der Waals surface area contributed by atoms with Gasteiger partial charge in [0.15, 0.2) is 0 Å². The predicted molar refractivity (Wildman–Crippen MR) is 96.9 cm³/mol. The average Bonchev–Trinajstić information content (AvgIpc) is 2.25. The van der Waals surface area contributed by atoms with Gasteiger partial charge in [0.05, 0.1) is 0 Å². The van der Waals surface area contributed by atoms with Crippen molar-refractivity contribution in [2.45, 2.75) is 0 Å². The summed E-state index contributed by atoms with van der Waals surface area (Å²) in [5.41, 5.74) is 0. The van der Waals surface area contributed by atoms with Crippen LogP contribution in [0.25, 0.3) is 0 Å². The first kappa shape index (κ1) is 21.2. The molecule has 128 valence electrons. The number of hydrogen-bond acceptors (Lipinski definition) is 7. The van der Waals surface area contributed by atoms with E-state index in [1.165, 1.54) is 0 Å². The van der Waals surface area contributed by atoms with Crippen molar-refractivity contribution in [1.29, 1.82) is 0 Å². The largest absolute Gasteiger partial charge is 0.384 e. The monoisotopic (exact) mass is 335 g/mol. The minimum absolute atomic E-state index is 1.48. The molecule has 0 fully saturated rings. The van der Waals surface area contributed by atoms with Crippen LogP contribution < -0.4 is 0 Å². The third-order valence-corrected chi connectivity index (χ3v) is 12.8. The first-order valence-corrected chi connectivity index (χ1v) is 10.6. The van der Waals surface area contributed by atoms with Crippen LogP contribution in [0.2, 0.25) is 0 Å². The molecule has 0 saturated carbocycles. The van der Waals surface area contributed by atoms with Crippen LogP contribution in [0.3, 0.4) is 0 Å². The van der Waals surface area contributed by atoms with E-state index < -0.39 is 18.0 Å². The summed E-state index contributed by atoms with van der Waals surface area (Å²) in [4.78, 5) is 0. The van der Waals surface area contributed by atoms with Gasteiger partial charge >= 0.3 is 8.72 Å². The van der Waals surface area contributed by atoms with Crippen molar-refractivity contribution in [3.63, 3.8) is 0 Å². The molecule has 0 aliphatic heterocycles. The summed E-state index contributed by atoms with van der Waals surface area (Å²) in [5.74, 6) is 0. The third kappa shape index (κ3) is 4.12. The van der Waals surface area contributed by atoms with Gasteiger partial charge in [0.2, 0.25) is 0 Å². The lowest BCUT2D eigenvalue weighted by Gasteiger charge is -2.57. The Morgan fingerprint density at radius 3 is 0.952 bits per heavy atom. The fourth-order valence-corrected chi connectivity index (χ4v) is 14.4. The molecule has 0 N–H and O–H groups in total. The maximum Gasteiger partial charge on any atom is 0.384 e. The van der Waals surface area contributed by atoms with E-state index in [0.29, 0.717) is 0 Å². The molecule has 0 unspecified atom stereocenters. The van der Waals surface area contributed by atoms with E-state index in [2.05, 4.69) is 117 Å². The van der Waals surface area contributed by atoms with Gasteiger partial charge < -0.3 is 9.13 Å². The van der Waals surface area contributed by atoms with Crippen molar-refractivity contribution in [1.82, 2.24) is 32.2 Å². The Morgan fingerprint density at radius 1 is 0.524 bits per heavy atom. The molecule has 0 heterocycles. The van der Waals surface area contributed by atoms with Gasteiger partial charge in [-0.15, -0.1) is 0 Å². The van der Waals surface area contributed by atoms with Gasteiger partial charge in [-0.05, 0) is 70.5 Å². The molecule has 9 heteroatoms. The molecule has 0 aromatic rings. The van der Waals surface area contributed by atoms with Gasteiger partial charge in [-0.2, -0.15) is 0 Å². The molecule has 0 spiro atoms. The molecule has 0 amide bonds. The number of hydrazine groups is 1. The summed E-state index contributed by atoms with van der Waals surface area (Å²) in [6.07, 6.45) is 0. The Hall–Kier alpha value is 0.154. The number of nitrogens with zero attached hydrogens (tertiary/aromatic N) is 7. The Kier molecular flexibility index (Phi) is 8.19. The van der Waals surface area contributed by atoms with Crippen molar-refractivity contribution in [3.8, 4) is 0 Å². The summed E-state index contributed by atoms with van der Waals surface area (Å²) in [6, 6.07) is 0. The molecule has 0 saturated heterocycles.